The first-order valence-electron chi connectivity index (χ1n) is 5.07. The second-order valence-electron chi connectivity index (χ2n) is 3.48. The molecule has 0 spiro atoms. The van der Waals surface area contributed by atoms with Gasteiger partial charge in [-0.25, -0.2) is 0 Å². The van der Waals surface area contributed by atoms with Crippen molar-refractivity contribution < 1.29 is 22.7 Å². The van der Waals surface area contributed by atoms with Gasteiger partial charge in [-0.15, -0.1) is 0 Å². The monoisotopic (exact) mass is 281 g/mol. The van der Waals surface area contributed by atoms with Gasteiger partial charge in [0.15, 0.2) is 0 Å². The largest absolute Gasteiger partial charge is 0.411 e. The van der Waals surface area contributed by atoms with Gasteiger partial charge < -0.3 is 10.1 Å². The molecule has 0 atom stereocenters. The molecule has 1 amide bonds. The Morgan fingerprint density at radius 3 is 2.72 bits per heavy atom. The molecule has 0 aliphatic rings. The van der Waals surface area contributed by atoms with Gasteiger partial charge >= 0.3 is 6.18 Å². The summed E-state index contributed by atoms with van der Waals surface area (Å²) in [4.78, 5) is 11.3. The third kappa shape index (κ3) is 6.46. The van der Waals surface area contributed by atoms with Gasteiger partial charge in [0.2, 0.25) is 5.91 Å². The molecule has 1 rings (SSSR count). The van der Waals surface area contributed by atoms with E-state index < -0.39 is 18.7 Å². The fraction of sp³-hybridized carbons (Fsp3) is 0.364. The molecule has 3 nitrogen and oxygen atoms in total. The summed E-state index contributed by atoms with van der Waals surface area (Å²) in [6, 6.07) is 6.46. The molecular formula is C11H11ClF3NO2. The van der Waals surface area contributed by atoms with Gasteiger partial charge in [0, 0.05) is 10.7 Å². The Balaban J connectivity index is 2.26. The van der Waals surface area contributed by atoms with Crippen molar-refractivity contribution in [1.82, 2.24) is 0 Å². The number of benzene rings is 1. The van der Waals surface area contributed by atoms with Gasteiger partial charge in [-0.05, 0) is 18.2 Å². The van der Waals surface area contributed by atoms with Crippen molar-refractivity contribution in [3.63, 3.8) is 0 Å². The van der Waals surface area contributed by atoms with Crippen molar-refractivity contribution >= 4 is 23.2 Å². The zero-order chi connectivity index (χ0) is 13.6. The highest BCUT2D eigenvalue weighted by atomic mass is 35.5. The van der Waals surface area contributed by atoms with E-state index in [-0.39, 0.29) is 13.0 Å². The van der Waals surface area contributed by atoms with Crippen LogP contribution in [0.15, 0.2) is 24.3 Å². The van der Waals surface area contributed by atoms with E-state index in [4.69, 9.17) is 11.6 Å². The van der Waals surface area contributed by atoms with Gasteiger partial charge in [0.05, 0.1) is 13.0 Å². The molecule has 0 saturated carbocycles. The molecule has 0 heterocycles. The molecule has 0 aliphatic heterocycles. The molecule has 1 aromatic rings. The molecule has 0 radical (unpaired) electrons. The molecule has 100 valence electrons. The van der Waals surface area contributed by atoms with E-state index in [2.05, 4.69) is 10.1 Å². The number of hydrogen-bond acceptors (Lipinski definition) is 2. The standard InChI is InChI=1S/C11H11ClF3NO2/c12-8-2-1-3-9(6-8)16-10(17)4-5-18-7-11(13,14)15/h1-3,6H,4-5,7H2,(H,16,17). The number of hydrogen-bond donors (Lipinski definition) is 1. The first-order valence-corrected chi connectivity index (χ1v) is 5.44. The molecule has 0 saturated heterocycles. The van der Waals surface area contributed by atoms with Crippen LogP contribution in [0.2, 0.25) is 5.02 Å². The minimum atomic E-state index is -4.37. The molecule has 18 heavy (non-hydrogen) atoms. The Morgan fingerprint density at radius 1 is 1.39 bits per heavy atom. The average molecular weight is 282 g/mol. The van der Waals surface area contributed by atoms with Gasteiger partial charge in [0.1, 0.15) is 6.61 Å². The van der Waals surface area contributed by atoms with Crippen LogP contribution in [0.4, 0.5) is 18.9 Å². The van der Waals surface area contributed by atoms with Crippen molar-refractivity contribution in [1.29, 1.82) is 0 Å². The van der Waals surface area contributed by atoms with Gasteiger partial charge in [0.25, 0.3) is 0 Å². The highest BCUT2D eigenvalue weighted by molar-refractivity contribution is 6.30. The molecule has 1 aromatic carbocycles. The quantitative estimate of drug-likeness (QED) is 0.842. The number of rotatable bonds is 5. The predicted molar refractivity (Wildman–Crippen MR) is 61.6 cm³/mol. The number of amides is 1. The Labute approximate surface area is 107 Å². The van der Waals surface area contributed by atoms with Crippen molar-refractivity contribution in [3.8, 4) is 0 Å². The van der Waals surface area contributed by atoms with E-state index in [1.165, 1.54) is 6.07 Å². The van der Waals surface area contributed by atoms with Crippen LogP contribution in [0.25, 0.3) is 0 Å². The Hall–Kier alpha value is -1.27. The van der Waals surface area contributed by atoms with E-state index in [9.17, 15) is 18.0 Å². The van der Waals surface area contributed by atoms with Crippen molar-refractivity contribution in [2.45, 2.75) is 12.6 Å². The zero-order valence-corrected chi connectivity index (χ0v) is 10.0. The summed E-state index contributed by atoms with van der Waals surface area (Å²) in [6.45, 7) is -1.64. The summed E-state index contributed by atoms with van der Waals surface area (Å²) in [5.41, 5.74) is 0.489. The fourth-order valence-electron chi connectivity index (χ4n) is 1.14. The maximum atomic E-state index is 11.7. The maximum Gasteiger partial charge on any atom is 0.411 e. The van der Waals surface area contributed by atoms with Crippen LogP contribution >= 0.6 is 11.6 Å². The number of nitrogens with one attached hydrogen (secondary N) is 1. The fourth-order valence-corrected chi connectivity index (χ4v) is 1.33. The lowest BCUT2D eigenvalue weighted by molar-refractivity contribution is -0.174. The van der Waals surface area contributed by atoms with Crippen molar-refractivity contribution in [3.05, 3.63) is 29.3 Å². The predicted octanol–water partition coefficient (Wildman–Crippen LogP) is 3.25. The van der Waals surface area contributed by atoms with E-state index in [0.717, 1.165) is 0 Å². The molecule has 0 aromatic heterocycles. The molecule has 7 heteroatoms. The molecule has 0 unspecified atom stereocenters. The first kappa shape index (κ1) is 14.8. The van der Waals surface area contributed by atoms with Gasteiger partial charge in [-0.2, -0.15) is 13.2 Å². The lowest BCUT2D eigenvalue weighted by Crippen LogP contribution is -2.20. The lowest BCUT2D eigenvalue weighted by Gasteiger charge is -2.08. The van der Waals surface area contributed by atoms with Crippen molar-refractivity contribution in [2.75, 3.05) is 18.5 Å². The molecule has 0 aliphatic carbocycles. The first-order chi connectivity index (χ1) is 8.37. The van der Waals surface area contributed by atoms with Crippen molar-refractivity contribution in [2.24, 2.45) is 0 Å². The van der Waals surface area contributed by atoms with Crippen LogP contribution in [-0.4, -0.2) is 25.3 Å². The molecule has 1 N–H and O–H groups in total. The van der Waals surface area contributed by atoms with Crippen LogP contribution in [0.5, 0.6) is 0 Å². The molecule has 0 bridgehead atoms. The number of ether oxygens (including phenoxy) is 1. The Bertz CT molecular complexity index is 410. The van der Waals surface area contributed by atoms with E-state index in [0.29, 0.717) is 10.7 Å². The van der Waals surface area contributed by atoms with Crippen LogP contribution in [0.1, 0.15) is 6.42 Å². The number of carbonyl (C=O) groups is 1. The molecule has 0 fully saturated rings. The van der Waals surface area contributed by atoms with Crippen LogP contribution in [0.3, 0.4) is 0 Å². The maximum absolute atomic E-state index is 11.7. The Kier molecular flexibility index (Phi) is 5.43. The van der Waals surface area contributed by atoms with E-state index >= 15 is 0 Å². The Morgan fingerprint density at radius 2 is 2.11 bits per heavy atom. The minimum absolute atomic E-state index is 0.150. The van der Waals surface area contributed by atoms with Crippen LogP contribution in [-0.2, 0) is 9.53 Å². The number of halogens is 4. The smallest absolute Gasteiger partial charge is 0.372 e. The summed E-state index contributed by atoms with van der Waals surface area (Å²) in [6.07, 6.45) is -4.52. The number of anilines is 1. The summed E-state index contributed by atoms with van der Waals surface area (Å²) in [5.74, 6) is -0.431. The third-order valence-electron chi connectivity index (χ3n) is 1.85. The third-order valence-corrected chi connectivity index (χ3v) is 2.08. The normalized spacial score (nSPS) is 11.3. The number of carbonyl (C=O) groups excluding carboxylic acids is 1. The summed E-state index contributed by atoms with van der Waals surface area (Å²) >= 11 is 5.70. The summed E-state index contributed by atoms with van der Waals surface area (Å²) in [5, 5.41) is 2.96. The topological polar surface area (TPSA) is 38.3 Å². The SMILES string of the molecule is O=C(CCOCC(F)(F)F)Nc1cccc(Cl)c1. The van der Waals surface area contributed by atoms with Crippen LogP contribution < -0.4 is 5.32 Å². The lowest BCUT2D eigenvalue weighted by atomic mass is 10.3. The van der Waals surface area contributed by atoms with Crippen LogP contribution in [0, 0.1) is 0 Å². The minimum Gasteiger partial charge on any atom is -0.372 e. The van der Waals surface area contributed by atoms with E-state index in [1.807, 2.05) is 0 Å². The second-order valence-corrected chi connectivity index (χ2v) is 3.91. The van der Waals surface area contributed by atoms with Gasteiger partial charge in [-0.3, -0.25) is 4.79 Å². The highest BCUT2D eigenvalue weighted by Crippen LogP contribution is 2.16. The average Bonchev–Trinajstić information content (AvgIpc) is 2.23. The molecular weight excluding hydrogens is 271 g/mol. The van der Waals surface area contributed by atoms with Gasteiger partial charge in [-0.1, -0.05) is 17.7 Å². The highest BCUT2D eigenvalue weighted by Gasteiger charge is 2.27. The summed E-state index contributed by atoms with van der Waals surface area (Å²) < 4.78 is 39.5. The zero-order valence-electron chi connectivity index (χ0n) is 9.26. The van der Waals surface area contributed by atoms with E-state index in [1.54, 1.807) is 18.2 Å². The second kappa shape index (κ2) is 6.61. The summed E-state index contributed by atoms with van der Waals surface area (Å²) in [7, 11) is 0. The number of alkyl halides is 3.